The molecule has 1 aliphatic rings. The first kappa shape index (κ1) is 15.4. The molecule has 23 heavy (non-hydrogen) atoms. The van der Waals surface area contributed by atoms with Crippen LogP contribution in [0.1, 0.15) is 24.0 Å². The van der Waals surface area contributed by atoms with E-state index in [0.717, 1.165) is 0 Å². The molecule has 0 bridgehead atoms. The third-order valence-corrected chi connectivity index (χ3v) is 3.76. The molecular formula is C15H19N5O3. The van der Waals surface area contributed by atoms with Crippen LogP contribution in [0, 0.1) is 6.92 Å². The molecule has 1 aliphatic heterocycles. The minimum absolute atomic E-state index is 0.0574. The molecule has 0 aliphatic carbocycles. The monoisotopic (exact) mass is 317 g/mol. The molecule has 3 rings (SSSR count). The van der Waals surface area contributed by atoms with Crippen molar-refractivity contribution in [3.8, 4) is 0 Å². The summed E-state index contributed by atoms with van der Waals surface area (Å²) < 4.78 is 7.53. The van der Waals surface area contributed by atoms with Gasteiger partial charge in [0.15, 0.2) is 0 Å². The number of hydrogen-bond acceptors (Lipinski definition) is 5. The Labute approximate surface area is 133 Å². The van der Waals surface area contributed by atoms with Gasteiger partial charge in [0.2, 0.25) is 5.91 Å². The van der Waals surface area contributed by atoms with Crippen molar-refractivity contribution in [3.05, 3.63) is 46.7 Å². The molecule has 1 fully saturated rings. The number of carbonyl (C=O) groups excluding carboxylic acids is 1. The average molecular weight is 317 g/mol. The standard InChI is InChI=1S/C15H19N5O3/c1-11-8-13(21)18-15(17-11)12-9-20(6-7-23-12)14(22)2-4-19-5-3-16-10-19/h3,5,8,10,12H,2,4,6-7,9H2,1H3,(H,17,18,21). The molecule has 1 saturated heterocycles. The third-order valence-electron chi connectivity index (χ3n) is 3.76. The summed E-state index contributed by atoms with van der Waals surface area (Å²) in [5.41, 5.74) is 0.426. The molecule has 1 atom stereocenters. The first-order chi connectivity index (χ1) is 11.1. The Morgan fingerprint density at radius 3 is 3.13 bits per heavy atom. The number of morpholine rings is 1. The van der Waals surface area contributed by atoms with Gasteiger partial charge >= 0.3 is 0 Å². The van der Waals surface area contributed by atoms with Crippen LogP contribution in [0.2, 0.25) is 0 Å². The van der Waals surface area contributed by atoms with E-state index in [4.69, 9.17) is 4.74 Å². The molecule has 0 spiro atoms. The zero-order valence-corrected chi connectivity index (χ0v) is 12.9. The smallest absolute Gasteiger partial charge is 0.251 e. The van der Waals surface area contributed by atoms with Crippen LogP contribution in [0.3, 0.4) is 0 Å². The van der Waals surface area contributed by atoms with E-state index in [2.05, 4.69) is 15.0 Å². The Hall–Kier alpha value is -2.48. The lowest BCUT2D eigenvalue weighted by Crippen LogP contribution is -2.43. The number of amides is 1. The number of H-pyrrole nitrogens is 1. The largest absolute Gasteiger partial charge is 0.367 e. The second-order valence-electron chi connectivity index (χ2n) is 5.52. The van der Waals surface area contributed by atoms with Gasteiger partial charge in [0.05, 0.1) is 19.5 Å². The van der Waals surface area contributed by atoms with Gasteiger partial charge in [-0.05, 0) is 6.92 Å². The number of hydrogen-bond donors (Lipinski definition) is 1. The van der Waals surface area contributed by atoms with E-state index in [1.807, 2.05) is 10.8 Å². The molecule has 122 valence electrons. The van der Waals surface area contributed by atoms with Gasteiger partial charge in [0.25, 0.3) is 5.56 Å². The van der Waals surface area contributed by atoms with Crippen LogP contribution in [0.5, 0.6) is 0 Å². The summed E-state index contributed by atoms with van der Waals surface area (Å²) in [6, 6.07) is 1.43. The molecule has 3 heterocycles. The van der Waals surface area contributed by atoms with Crippen LogP contribution in [0.25, 0.3) is 0 Å². The Morgan fingerprint density at radius 2 is 2.39 bits per heavy atom. The van der Waals surface area contributed by atoms with E-state index in [-0.39, 0.29) is 11.5 Å². The van der Waals surface area contributed by atoms with Crippen molar-refractivity contribution in [3.63, 3.8) is 0 Å². The van der Waals surface area contributed by atoms with E-state index in [1.54, 1.807) is 24.3 Å². The molecular weight excluding hydrogens is 298 g/mol. The maximum atomic E-state index is 12.3. The van der Waals surface area contributed by atoms with Gasteiger partial charge in [0.1, 0.15) is 11.9 Å². The number of aromatic nitrogens is 4. The van der Waals surface area contributed by atoms with Crippen LogP contribution in [-0.2, 0) is 16.1 Å². The average Bonchev–Trinajstić information content (AvgIpc) is 3.05. The molecule has 2 aromatic heterocycles. The predicted molar refractivity (Wildman–Crippen MR) is 81.7 cm³/mol. The number of nitrogens with zero attached hydrogens (tertiary/aromatic N) is 4. The molecule has 2 aromatic rings. The van der Waals surface area contributed by atoms with Crippen molar-refractivity contribution in [2.75, 3.05) is 19.7 Å². The van der Waals surface area contributed by atoms with E-state index in [0.29, 0.717) is 44.2 Å². The number of aryl methyl sites for hydroxylation is 2. The van der Waals surface area contributed by atoms with Crippen molar-refractivity contribution < 1.29 is 9.53 Å². The fraction of sp³-hybridized carbons (Fsp3) is 0.467. The molecule has 0 saturated carbocycles. The number of aromatic amines is 1. The van der Waals surface area contributed by atoms with Gasteiger partial charge in [-0.1, -0.05) is 0 Å². The zero-order valence-electron chi connectivity index (χ0n) is 12.9. The van der Waals surface area contributed by atoms with Crippen molar-refractivity contribution in [2.24, 2.45) is 0 Å². The maximum absolute atomic E-state index is 12.3. The lowest BCUT2D eigenvalue weighted by molar-refractivity contribution is -0.139. The Bertz CT molecular complexity index is 725. The van der Waals surface area contributed by atoms with Crippen molar-refractivity contribution in [2.45, 2.75) is 26.0 Å². The fourth-order valence-corrected chi connectivity index (χ4v) is 2.60. The molecule has 8 heteroatoms. The predicted octanol–water partition coefficient (Wildman–Crippen LogP) is 0.265. The summed E-state index contributed by atoms with van der Waals surface area (Å²) in [6.45, 7) is 3.74. The fourth-order valence-electron chi connectivity index (χ4n) is 2.60. The first-order valence-electron chi connectivity index (χ1n) is 7.55. The SMILES string of the molecule is Cc1cc(=O)[nH]c(C2CN(C(=O)CCn3ccnc3)CCO2)n1. The highest BCUT2D eigenvalue weighted by molar-refractivity contribution is 5.76. The molecule has 8 nitrogen and oxygen atoms in total. The highest BCUT2D eigenvalue weighted by atomic mass is 16.5. The Balaban J connectivity index is 1.63. The van der Waals surface area contributed by atoms with Crippen LogP contribution >= 0.6 is 0 Å². The summed E-state index contributed by atoms with van der Waals surface area (Å²) in [4.78, 5) is 36.6. The molecule has 1 N–H and O–H groups in total. The van der Waals surface area contributed by atoms with Crippen LogP contribution < -0.4 is 5.56 Å². The third kappa shape index (κ3) is 3.84. The van der Waals surface area contributed by atoms with Gasteiger partial charge in [-0.25, -0.2) is 9.97 Å². The zero-order chi connectivity index (χ0) is 16.2. The van der Waals surface area contributed by atoms with E-state index in [9.17, 15) is 9.59 Å². The summed E-state index contributed by atoms with van der Waals surface area (Å²) >= 11 is 0. The minimum Gasteiger partial charge on any atom is -0.367 e. The second kappa shape index (κ2) is 6.74. The van der Waals surface area contributed by atoms with E-state index >= 15 is 0 Å². The molecule has 0 aromatic carbocycles. The quantitative estimate of drug-likeness (QED) is 0.873. The number of rotatable bonds is 4. The van der Waals surface area contributed by atoms with Gasteiger partial charge in [-0.15, -0.1) is 0 Å². The second-order valence-corrected chi connectivity index (χ2v) is 5.52. The van der Waals surface area contributed by atoms with Gasteiger partial charge < -0.3 is 19.2 Å². The normalized spacial score (nSPS) is 18.1. The Morgan fingerprint density at radius 1 is 1.52 bits per heavy atom. The number of carbonyl (C=O) groups is 1. The van der Waals surface area contributed by atoms with Gasteiger partial charge in [-0.2, -0.15) is 0 Å². The van der Waals surface area contributed by atoms with Gasteiger partial charge in [-0.3, -0.25) is 9.59 Å². The number of imidazole rings is 1. The summed E-state index contributed by atoms with van der Waals surface area (Å²) in [5.74, 6) is 0.532. The number of ether oxygens (including phenoxy) is 1. The maximum Gasteiger partial charge on any atom is 0.251 e. The topological polar surface area (TPSA) is 93.1 Å². The van der Waals surface area contributed by atoms with Crippen LogP contribution in [0.4, 0.5) is 0 Å². The van der Waals surface area contributed by atoms with Crippen molar-refractivity contribution in [1.82, 2.24) is 24.4 Å². The summed E-state index contributed by atoms with van der Waals surface area (Å²) in [7, 11) is 0. The van der Waals surface area contributed by atoms with Crippen LogP contribution in [0.15, 0.2) is 29.6 Å². The Kier molecular flexibility index (Phi) is 4.52. The number of nitrogens with one attached hydrogen (secondary N) is 1. The lowest BCUT2D eigenvalue weighted by atomic mass is 10.2. The highest BCUT2D eigenvalue weighted by Gasteiger charge is 2.26. The first-order valence-corrected chi connectivity index (χ1v) is 7.55. The molecule has 1 amide bonds. The molecule has 0 radical (unpaired) electrons. The van der Waals surface area contributed by atoms with E-state index in [1.165, 1.54) is 6.07 Å². The molecule has 1 unspecified atom stereocenters. The van der Waals surface area contributed by atoms with Crippen LogP contribution in [-0.4, -0.2) is 50.0 Å². The lowest BCUT2D eigenvalue weighted by Gasteiger charge is -2.32. The summed E-state index contributed by atoms with van der Waals surface area (Å²) in [6.07, 6.45) is 5.22. The van der Waals surface area contributed by atoms with Gasteiger partial charge in [0, 0.05) is 43.7 Å². The van der Waals surface area contributed by atoms with Crippen molar-refractivity contribution in [1.29, 1.82) is 0 Å². The summed E-state index contributed by atoms with van der Waals surface area (Å²) in [5, 5.41) is 0. The van der Waals surface area contributed by atoms with E-state index < -0.39 is 6.10 Å². The minimum atomic E-state index is -0.395. The highest BCUT2D eigenvalue weighted by Crippen LogP contribution is 2.19. The van der Waals surface area contributed by atoms with Crippen molar-refractivity contribution >= 4 is 5.91 Å².